The molecule has 28 heteroatoms. The van der Waals surface area contributed by atoms with E-state index in [4.69, 9.17) is 22.9 Å². The van der Waals surface area contributed by atoms with E-state index in [2.05, 4.69) is 52.5 Å². The molecule has 0 spiro atoms. The first-order chi connectivity index (χ1) is 37.6. The van der Waals surface area contributed by atoms with Gasteiger partial charge in [-0.3, -0.25) is 48.1 Å². The van der Waals surface area contributed by atoms with Gasteiger partial charge in [-0.2, -0.15) is 0 Å². The van der Waals surface area contributed by atoms with Gasteiger partial charge in [-0.25, -0.2) is 4.79 Å². The average Bonchev–Trinajstić information content (AvgIpc) is 3.78. The lowest BCUT2D eigenvalue weighted by Gasteiger charge is -2.29. The highest BCUT2D eigenvalue weighted by molar-refractivity contribution is 5.98. The molecule has 21 N–H and O–H groups in total. The topological polar surface area (TPSA) is 480 Å². The van der Waals surface area contributed by atoms with Crippen molar-refractivity contribution in [2.45, 2.75) is 173 Å². The van der Waals surface area contributed by atoms with E-state index in [0.717, 1.165) is 5.52 Å². The van der Waals surface area contributed by atoms with Crippen molar-refractivity contribution in [1.82, 2.24) is 47.5 Å². The fourth-order valence-electron chi connectivity index (χ4n) is 8.37. The number of aliphatic imine (C=N–C) groups is 1. The van der Waals surface area contributed by atoms with E-state index in [1.165, 1.54) is 6.92 Å². The number of amides is 8. The second-order valence-corrected chi connectivity index (χ2v) is 20.9. The van der Waals surface area contributed by atoms with Gasteiger partial charge < -0.3 is 90.9 Å². The van der Waals surface area contributed by atoms with Crippen molar-refractivity contribution in [2.24, 2.45) is 45.7 Å². The van der Waals surface area contributed by atoms with Crippen LogP contribution in [0.2, 0.25) is 0 Å². The Balaban J connectivity index is 2.45. The molecule has 0 aliphatic carbocycles. The number of unbranched alkanes of at least 4 members (excludes halogenated alkanes) is 1. The number of hydrogen-bond acceptors (Lipinski definition) is 15. The standard InChI is InChI=1S/C52H86N14O14/c1-26(2)21-32(54)43(71)65-41(28(5)6)49(77)66-42(29(7)68)50(78)61-36(17-18-40(69)70)46(74)59-34(15-10-11-19-53)45(73)64-39(25-67)48(76)60-35(16-12-20-57-52(55)56)44(72)62-37(47(75)63-38(51(79)80)22-27(3)4)23-30-24-58-33-14-9-8-13-31(30)33/h8-9,13-14,24,26-29,32,34-39,41-42,58,67-68H,10-12,15-23,25,53-54H2,1-7H3,(H,59,74)(H,60,76)(H,61,78)(H,62,72)(H,63,75)(H,64,73)(H,65,71)(H,66,77)(H,69,70)(H,79,80)(H4,55,56,57)/t29-,32+,34+,35+,36+,37+,38+,39+,41+,42+/m1/s1. The predicted molar refractivity (Wildman–Crippen MR) is 295 cm³/mol. The molecule has 80 heavy (non-hydrogen) atoms. The minimum atomic E-state index is -1.80. The number of aliphatic hydroxyl groups excluding tert-OH is 2. The number of guanidine groups is 1. The monoisotopic (exact) mass is 1130 g/mol. The van der Waals surface area contributed by atoms with Crippen LogP contribution in [0.1, 0.15) is 112 Å². The molecule has 0 unspecified atom stereocenters. The third-order valence-corrected chi connectivity index (χ3v) is 12.7. The Bertz CT molecular complexity index is 2430. The van der Waals surface area contributed by atoms with E-state index in [9.17, 15) is 68.4 Å². The molecule has 10 atom stereocenters. The molecule has 2 rings (SSSR count). The van der Waals surface area contributed by atoms with Gasteiger partial charge in [-0.15, -0.1) is 0 Å². The Labute approximate surface area is 465 Å². The Morgan fingerprint density at radius 2 is 1.07 bits per heavy atom. The summed E-state index contributed by atoms with van der Waals surface area (Å²) in [5.74, 6) is -11.2. The van der Waals surface area contributed by atoms with Crippen LogP contribution in [0.5, 0.6) is 0 Å². The normalized spacial score (nSPS) is 15.1. The summed E-state index contributed by atoms with van der Waals surface area (Å²) in [7, 11) is 0. The fraction of sp³-hybridized carbons (Fsp3) is 0.635. The highest BCUT2D eigenvalue weighted by atomic mass is 16.4. The Kier molecular flexibility index (Phi) is 29.7. The van der Waals surface area contributed by atoms with Crippen molar-refractivity contribution in [3.63, 3.8) is 0 Å². The third-order valence-electron chi connectivity index (χ3n) is 12.7. The lowest BCUT2D eigenvalue weighted by atomic mass is 9.99. The summed E-state index contributed by atoms with van der Waals surface area (Å²) in [6, 6.07) is -6.05. The molecule has 448 valence electrons. The van der Waals surface area contributed by atoms with Crippen molar-refractivity contribution in [1.29, 1.82) is 0 Å². The molecule has 0 aliphatic rings. The number of aromatic nitrogens is 1. The number of nitrogens with zero attached hydrogens (tertiary/aromatic N) is 1. The number of hydrogen-bond donors (Lipinski definition) is 17. The Hall–Kier alpha value is -7.43. The van der Waals surface area contributed by atoms with Gasteiger partial charge in [0, 0.05) is 36.5 Å². The van der Waals surface area contributed by atoms with Crippen molar-refractivity contribution in [3.8, 4) is 0 Å². The summed E-state index contributed by atoms with van der Waals surface area (Å²) in [6.45, 7) is 10.8. The van der Waals surface area contributed by atoms with Gasteiger partial charge in [0.05, 0.1) is 18.8 Å². The lowest BCUT2D eigenvalue weighted by Crippen LogP contribution is -2.62. The van der Waals surface area contributed by atoms with Gasteiger partial charge in [0.25, 0.3) is 0 Å². The summed E-state index contributed by atoms with van der Waals surface area (Å²) >= 11 is 0. The van der Waals surface area contributed by atoms with Gasteiger partial charge in [0.1, 0.15) is 48.3 Å². The van der Waals surface area contributed by atoms with E-state index in [1.54, 1.807) is 58.2 Å². The van der Waals surface area contributed by atoms with Crippen LogP contribution >= 0.6 is 0 Å². The number of nitrogens with one attached hydrogen (secondary N) is 9. The van der Waals surface area contributed by atoms with Crippen molar-refractivity contribution in [2.75, 3.05) is 19.7 Å². The molecule has 0 saturated heterocycles. The highest BCUT2D eigenvalue weighted by Crippen LogP contribution is 2.20. The maximum Gasteiger partial charge on any atom is 0.326 e. The molecule has 1 aromatic carbocycles. The number of benzene rings is 1. The first-order valence-electron chi connectivity index (χ1n) is 26.8. The number of carbonyl (C=O) groups is 10. The van der Waals surface area contributed by atoms with Gasteiger partial charge >= 0.3 is 11.9 Å². The second kappa shape index (κ2) is 34.5. The lowest BCUT2D eigenvalue weighted by molar-refractivity contribution is -0.143. The molecule has 2 aromatic rings. The van der Waals surface area contributed by atoms with Crippen molar-refractivity contribution >= 4 is 76.1 Å². The first-order valence-corrected chi connectivity index (χ1v) is 26.8. The number of fused-ring (bicyclic) bond motifs is 1. The molecule has 8 amide bonds. The molecular weight excluding hydrogens is 1040 g/mol. The zero-order valence-electron chi connectivity index (χ0n) is 46.7. The van der Waals surface area contributed by atoms with Crippen molar-refractivity contribution in [3.05, 3.63) is 36.0 Å². The van der Waals surface area contributed by atoms with Crippen molar-refractivity contribution < 1.29 is 68.4 Å². The third kappa shape index (κ3) is 23.9. The van der Waals surface area contributed by atoms with Gasteiger partial charge in [0.2, 0.25) is 47.3 Å². The quantitative estimate of drug-likeness (QED) is 0.0184. The number of para-hydroxylation sites is 1. The molecule has 0 radical (unpaired) electrons. The molecule has 0 saturated carbocycles. The van der Waals surface area contributed by atoms with Crippen LogP contribution in [0.15, 0.2) is 35.5 Å². The largest absolute Gasteiger partial charge is 0.481 e. The molecule has 0 aliphatic heterocycles. The molecule has 1 heterocycles. The number of aromatic amines is 1. The number of nitrogens with two attached hydrogens (primary N) is 4. The number of carboxylic acid groups (broad SMARTS) is 2. The van der Waals surface area contributed by atoms with E-state index < -0.39 is 145 Å². The van der Waals surface area contributed by atoms with Gasteiger partial charge in [0.15, 0.2) is 5.96 Å². The maximum absolute atomic E-state index is 14.3. The number of carboxylic acids is 2. The summed E-state index contributed by atoms with van der Waals surface area (Å²) in [6.07, 6.45) is -0.661. The smallest absolute Gasteiger partial charge is 0.326 e. The Morgan fingerprint density at radius 3 is 1.60 bits per heavy atom. The van der Waals surface area contributed by atoms with Crippen LogP contribution in [0.4, 0.5) is 0 Å². The summed E-state index contributed by atoms with van der Waals surface area (Å²) < 4.78 is 0. The second-order valence-electron chi connectivity index (χ2n) is 20.9. The molecular formula is C52H86N14O14. The number of aliphatic hydroxyl groups is 2. The minimum Gasteiger partial charge on any atom is -0.481 e. The van der Waals surface area contributed by atoms with E-state index in [-0.39, 0.29) is 69.4 Å². The Morgan fingerprint density at radius 1 is 0.588 bits per heavy atom. The summed E-state index contributed by atoms with van der Waals surface area (Å²) in [5, 5.41) is 61.2. The van der Waals surface area contributed by atoms with Gasteiger partial charge in [-0.05, 0) is 94.2 Å². The van der Waals surface area contributed by atoms with Crippen LogP contribution < -0.4 is 65.5 Å². The maximum atomic E-state index is 14.3. The summed E-state index contributed by atoms with van der Waals surface area (Å²) in [5.41, 5.74) is 24.0. The summed E-state index contributed by atoms with van der Waals surface area (Å²) in [4.78, 5) is 142. The van der Waals surface area contributed by atoms with Crippen LogP contribution in [-0.4, -0.2) is 171 Å². The SMILES string of the molecule is CC(C)C[C@H](NC(=O)[C@H](Cc1c[nH]c2ccccc12)NC(=O)[C@H](CCCN=C(N)N)NC(=O)[C@H](CO)NC(=O)[C@H](CCCCN)NC(=O)[C@H](CCC(=O)O)NC(=O)[C@@H](NC(=O)[C@@H](NC(=O)[C@@H](N)CC(C)C)C(C)C)[C@@H](C)O)C(=O)O. The van der Waals surface area contributed by atoms with Crippen LogP contribution in [0, 0.1) is 17.8 Å². The number of H-pyrrole nitrogens is 1. The first kappa shape index (κ1) is 68.7. The molecule has 0 bridgehead atoms. The molecule has 1 aromatic heterocycles. The van der Waals surface area contributed by atoms with E-state index >= 15 is 0 Å². The number of aliphatic carboxylic acids is 2. The number of carbonyl (C=O) groups excluding carboxylic acids is 8. The van der Waals surface area contributed by atoms with E-state index in [0.29, 0.717) is 23.8 Å². The zero-order valence-corrected chi connectivity index (χ0v) is 46.7. The van der Waals surface area contributed by atoms with Gasteiger partial charge in [-0.1, -0.05) is 59.7 Å². The molecule has 28 nitrogen and oxygen atoms in total. The zero-order chi connectivity index (χ0) is 60.4. The van der Waals surface area contributed by atoms with Crippen LogP contribution in [0.3, 0.4) is 0 Å². The highest BCUT2D eigenvalue weighted by Gasteiger charge is 2.37. The number of rotatable bonds is 37. The average molecular weight is 1130 g/mol. The molecule has 0 fully saturated rings. The van der Waals surface area contributed by atoms with E-state index in [1.807, 2.05) is 13.8 Å². The van der Waals surface area contributed by atoms with Crippen LogP contribution in [0.25, 0.3) is 10.9 Å². The minimum absolute atomic E-state index is 0.0180. The van der Waals surface area contributed by atoms with Crippen LogP contribution in [-0.2, 0) is 54.4 Å². The predicted octanol–water partition coefficient (Wildman–Crippen LogP) is -2.83. The fourth-order valence-corrected chi connectivity index (χ4v) is 8.37.